The van der Waals surface area contributed by atoms with Gasteiger partial charge in [-0.3, -0.25) is 4.90 Å². The van der Waals surface area contributed by atoms with Gasteiger partial charge in [0.1, 0.15) is 0 Å². The van der Waals surface area contributed by atoms with Crippen LogP contribution in [0.3, 0.4) is 0 Å². The zero-order chi connectivity index (χ0) is 14.9. The number of nitrogens with zero attached hydrogens (tertiary/aromatic N) is 2. The van der Waals surface area contributed by atoms with Crippen molar-refractivity contribution in [2.75, 3.05) is 39.3 Å². The monoisotopic (exact) mass is 323 g/mol. The quantitative estimate of drug-likeness (QED) is 0.800. The Morgan fingerprint density at radius 2 is 1.95 bits per heavy atom. The average molecular weight is 324 g/mol. The summed E-state index contributed by atoms with van der Waals surface area (Å²) in [5.41, 5.74) is 0. The second-order valence-corrected chi connectivity index (χ2v) is 8.04. The Labute approximate surface area is 139 Å². The standard InChI is InChI=1S/C17H29N3OS/c22-17(18-16-11-13-3-4-14(16)10-13)20-7-5-19(6-8-20)12-15-2-1-9-21-15/h13-16H,1-12H2,(H,18,22)/t13-,14-,15-,16+/m0/s1. The first-order valence-corrected chi connectivity index (χ1v) is 9.58. The van der Waals surface area contributed by atoms with Gasteiger partial charge in [0.05, 0.1) is 6.10 Å². The fourth-order valence-corrected chi connectivity index (χ4v) is 5.22. The maximum Gasteiger partial charge on any atom is 0.169 e. The zero-order valence-corrected chi connectivity index (χ0v) is 14.3. The Morgan fingerprint density at radius 1 is 1.09 bits per heavy atom. The Balaban J connectivity index is 1.20. The van der Waals surface area contributed by atoms with Crippen LogP contribution in [0.25, 0.3) is 0 Å². The number of fused-ring (bicyclic) bond motifs is 2. The van der Waals surface area contributed by atoms with Gasteiger partial charge >= 0.3 is 0 Å². The van der Waals surface area contributed by atoms with E-state index >= 15 is 0 Å². The van der Waals surface area contributed by atoms with E-state index < -0.39 is 0 Å². The second kappa shape index (κ2) is 6.62. The lowest BCUT2D eigenvalue weighted by Gasteiger charge is -2.38. The first-order valence-electron chi connectivity index (χ1n) is 9.17. The topological polar surface area (TPSA) is 27.7 Å². The third-order valence-corrected chi connectivity index (χ3v) is 6.57. The summed E-state index contributed by atoms with van der Waals surface area (Å²) in [5, 5.41) is 4.69. The smallest absolute Gasteiger partial charge is 0.169 e. The lowest BCUT2D eigenvalue weighted by molar-refractivity contribution is 0.0601. The highest BCUT2D eigenvalue weighted by molar-refractivity contribution is 7.80. The van der Waals surface area contributed by atoms with Gasteiger partial charge < -0.3 is 15.0 Å². The van der Waals surface area contributed by atoms with Crippen molar-refractivity contribution in [3.05, 3.63) is 0 Å². The molecule has 0 amide bonds. The Morgan fingerprint density at radius 3 is 2.59 bits per heavy atom. The predicted molar refractivity (Wildman–Crippen MR) is 92.0 cm³/mol. The van der Waals surface area contributed by atoms with Crippen molar-refractivity contribution in [1.29, 1.82) is 0 Å². The van der Waals surface area contributed by atoms with E-state index in [1.165, 1.54) is 38.5 Å². The number of hydrogen-bond donors (Lipinski definition) is 1. The molecule has 2 aliphatic carbocycles. The summed E-state index contributed by atoms with van der Waals surface area (Å²) in [6.07, 6.45) is 8.62. The summed E-state index contributed by atoms with van der Waals surface area (Å²) in [6.45, 7) is 6.46. The van der Waals surface area contributed by atoms with E-state index in [4.69, 9.17) is 17.0 Å². The molecule has 4 fully saturated rings. The van der Waals surface area contributed by atoms with E-state index in [1.54, 1.807) is 0 Å². The van der Waals surface area contributed by atoms with Gasteiger partial charge in [-0.15, -0.1) is 0 Å². The summed E-state index contributed by atoms with van der Waals surface area (Å²) in [4.78, 5) is 4.93. The molecule has 4 aliphatic rings. The molecular weight excluding hydrogens is 294 g/mol. The Bertz CT molecular complexity index is 405. The van der Waals surface area contributed by atoms with Crippen LogP contribution in [0, 0.1) is 11.8 Å². The fourth-order valence-electron chi connectivity index (χ4n) is 4.88. The van der Waals surface area contributed by atoms with Crippen LogP contribution in [0.2, 0.25) is 0 Å². The highest BCUT2D eigenvalue weighted by atomic mass is 32.1. The van der Waals surface area contributed by atoms with Gasteiger partial charge in [-0.1, -0.05) is 6.42 Å². The number of rotatable bonds is 3. The van der Waals surface area contributed by atoms with Crippen LogP contribution in [-0.4, -0.2) is 66.4 Å². The molecule has 4 nitrogen and oxygen atoms in total. The third kappa shape index (κ3) is 3.26. The van der Waals surface area contributed by atoms with Crippen LogP contribution in [0.5, 0.6) is 0 Å². The van der Waals surface area contributed by atoms with Crippen molar-refractivity contribution in [2.45, 2.75) is 50.7 Å². The molecule has 0 radical (unpaired) electrons. The summed E-state index contributed by atoms with van der Waals surface area (Å²) in [7, 11) is 0. The molecule has 0 aromatic carbocycles. The number of nitrogens with one attached hydrogen (secondary N) is 1. The Kier molecular flexibility index (Phi) is 4.56. The van der Waals surface area contributed by atoms with Crippen LogP contribution in [-0.2, 0) is 4.74 Å². The maximum absolute atomic E-state index is 5.75. The molecule has 0 aromatic heterocycles. The molecule has 0 spiro atoms. The van der Waals surface area contributed by atoms with Crippen molar-refractivity contribution < 1.29 is 4.74 Å². The van der Waals surface area contributed by atoms with E-state index in [0.717, 1.165) is 56.3 Å². The predicted octanol–water partition coefficient (Wildman–Crippen LogP) is 1.85. The molecule has 2 heterocycles. The van der Waals surface area contributed by atoms with Crippen molar-refractivity contribution in [1.82, 2.24) is 15.1 Å². The van der Waals surface area contributed by atoms with Crippen LogP contribution in [0.15, 0.2) is 0 Å². The largest absolute Gasteiger partial charge is 0.377 e. The van der Waals surface area contributed by atoms with Crippen molar-refractivity contribution >= 4 is 17.3 Å². The highest BCUT2D eigenvalue weighted by Crippen LogP contribution is 2.44. The summed E-state index contributed by atoms with van der Waals surface area (Å²) in [5.74, 6) is 1.87. The lowest BCUT2D eigenvalue weighted by Crippen LogP contribution is -2.54. The molecular formula is C17H29N3OS. The Hall–Kier alpha value is -0.390. The minimum absolute atomic E-state index is 0.477. The molecule has 0 aromatic rings. The number of hydrogen-bond acceptors (Lipinski definition) is 3. The SMILES string of the molecule is S=C(N[C@@H]1C[C@H]2CC[C@H]1C2)N1CCN(C[C@@H]2CCCO2)CC1. The molecule has 0 unspecified atom stereocenters. The minimum atomic E-state index is 0.477. The molecule has 124 valence electrons. The van der Waals surface area contributed by atoms with Gasteiger partial charge in [0.2, 0.25) is 0 Å². The summed E-state index contributed by atoms with van der Waals surface area (Å²) in [6, 6.07) is 0.663. The number of ether oxygens (including phenoxy) is 1. The van der Waals surface area contributed by atoms with Crippen LogP contribution in [0.1, 0.15) is 38.5 Å². The van der Waals surface area contributed by atoms with E-state index in [9.17, 15) is 0 Å². The summed E-state index contributed by atoms with van der Waals surface area (Å²) >= 11 is 5.68. The summed E-state index contributed by atoms with van der Waals surface area (Å²) < 4.78 is 5.75. The van der Waals surface area contributed by atoms with Gasteiger partial charge in [-0.05, 0) is 56.2 Å². The van der Waals surface area contributed by atoms with E-state index in [0.29, 0.717) is 12.1 Å². The zero-order valence-electron chi connectivity index (χ0n) is 13.5. The van der Waals surface area contributed by atoms with Crippen molar-refractivity contribution in [2.24, 2.45) is 11.8 Å². The van der Waals surface area contributed by atoms with Gasteiger partial charge in [0.25, 0.3) is 0 Å². The van der Waals surface area contributed by atoms with Gasteiger partial charge in [0.15, 0.2) is 5.11 Å². The molecule has 1 N–H and O–H groups in total. The first-order chi connectivity index (χ1) is 10.8. The van der Waals surface area contributed by atoms with Gasteiger partial charge in [0, 0.05) is 45.4 Å². The van der Waals surface area contributed by atoms with E-state index in [2.05, 4.69) is 15.1 Å². The number of piperazine rings is 1. The van der Waals surface area contributed by atoms with Crippen LogP contribution < -0.4 is 5.32 Å². The van der Waals surface area contributed by atoms with Crippen LogP contribution >= 0.6 is 12.2 Å². The van der Waals surface area contributed by atoms with E-state index in [-0.39, 0.29) is 0 Å². The molecule has 22 heavy (non-hydrogen) atoms. The molecule has 2 bridgehead atoms. The fraction of sp³-hybridized carbons (Fsp3) is 0.941. The number of thiocarbonyl (C=S) groups is 1. The molecule has 5 heteroatoms. The molecule has 4 rings (SSSR count). The molecule has 2 saturated carbocycles. The minimum Gasteiger partial charge on any atom is -0.377 e. The lowest BCUT2D eigenvalue weighted by atomic mass is 9.95. The average Bonchev–Trinajstić information content (AvgIpc) is 3.25. The highest BCUT2D eigenvalue weighted by Gasteiger charge is 2.40. The van der Waals surface area contributed by atoms with Crippen molar-refractivity contribution in [3.63, 3.8) is 0 Å². The van der Waals surface area contributed by atoms with Gasteiger partial charge in [-0.2, -0.15) is 0 Å². The second-order valence-electron chi connectivity index (χ2n) is 7.65. The molecule has 2 aliphatic heterocycles. The van der Waals surface area contributed by atoms with Gasteiger partial charge in [-0.25, -0.2) is 0 Å². The van der Waals surface area contributed by atoms with Crippen LogP contribution in [0.4, 0.5) is 0 Å². The molecule has 4 atom stereocenters. The molecule has 2 saturated heterocycles. The third-order valence-electron chi connectivity index (χ3n) is 6.19. The van der Waals surface area contributed by atoms with E-state index in [1.807, 2.05) is 0 Å². The van der Waals surface area contributed by atoms with Crippen molar-refractivity contribution in [3.8, 4) is 0 Å². The first kappa shape index (κ1) is 15.2. The maximum atomic E-state index is 5.75. The normalized spacial score (nSPS) is 38.6.